The highest BCUT2D eigenvalue weighted by atomic mass is 79.9. The third kappa shape index (κ3) is 2.18. The van der Waals surface area contributed by atoms with E-state index in [4.69, 9.17) is 0 Å². The molecule has 0 aliphatic carbocycles. The molecule has 0 atom stereocenters. The minimum absolute atomic E-state index is 0.0146. The summed E-state index contributed by atoms with van der Waals surface area (Å²) in [6.45, 7) is 0. The lowest BCUT2D eigenvalue weighted by Gasteiger charge is -2.03. The fourth-order valence-corrected chi connectivity index (χ4v) is 1.16. The van der Waals surface area contributed by atoms with E-state index in [9.17, 15) is 17.6 Å². The van der Waals surface area contributed by atoms with Gasteiger partial charge in [0.2, 0.25) is 5.95 Å². The van der Waals surface area contributed by atoms with E-state index in [1.54, 1.807) is 0 Å². The lowest BCUT2D eigenvalue weighted by molar-refractivity contribution is 0.144. The first kappa shape index (κ1) is 10.4. The van der Waals surface area contributed by atoms with Crippen LogP contribution in [0.2, 0.25) is 0 Å². The van der Waals surface area contributed by atoms with Crippen LogP contribution in [-0.2, 0) is 5.33 Å². The second kappa shape index (κ2) is 4.04. The van der Waals surface area contributed by atoms with Gasteiger partial charge in [0.15, 0.2) is 0 Å². The molecule has 0 aromatic carbocycles. The first-order valence-electron chi connectivity index (χ1n) is 3.25. The van der Waals surface area contributed by atoms with Crippen molar-refractivity contribution >= 4 is 15.9 Å². The summed E-state index contributed by atoms with van der Waals surface area (Å²) in [5.74, 6) is -2.26. The summed E-state index contributed by atoms with van der Waals surface area (Å²) in [6, 6.07) is 0.462. The summed E-state index contributed by atoms with van der Waals surface area (Å²) in [5.41, 5.74) is -1.23. The maximum Gasteiger partial charge on any atom is 0.268 e. The maximum absolute atomic E-state index is 12.8. The fourth-order valence-electron chi connectivity index (χ4n) is 0.763. The van der Waals surface area contributed by atoms with E-state index in [1.165, 1.54) is 0 Å². The maximum atomic E-state index is 12.8. The molecular formula is C7H4BrF4N. The van der Waals surface area contributed by atoms with Crippen molar-refractivity contribution in [3.05, 3.63) is 29.1 Å². The van der Waals surface area contributed by atoms with Crippen molar-refractivity contribution in [2.24, 2.45) is 0 Å². The Morgan fingerprint density at radius 3 is 2.46 bits per heavy atom. The van der Waals surface area contributed by atoms with Crippen molar-refractivity contribution < 1.29 is 17.6 Å². The highest BCUT2D eigenvalue weighted by Gasteiger charge is 2.17. The normalized spacial score (nSPS) is 10.9. The first-order valence-corrected chi connectivity index (χ1v) is 4.37. The zero-order valence-corrected chi connectivity index (χ0v) is 7.78. The van der Waals surface area contributed by atoms with E-state index in [0.29, 0.717) is 6.07 Å². The molecule has 1 aromatic rings. The molecule has 0 aliphatic rings. The van der Waals surface area contributed by atoms with Crippen molar-refractivity contribution in [1.29, 1.82) is 0 Å². The third-order valence-corrected chi connectivity index (χ3v) is 1.92. The summed E-state index contributed by atoms with van der Waals surface area (Å²) < 4.78 is 49.5. The third-order valence-electron chi connectivity index (χ3n) is 1.39. The molecule has 0 aliphatic heterocycles. The average molecular weight is 258 g/mol. The minimum atomic E-state index is -3.05. The topological polar surface area (TPSA) is 12.9 Å². The largest absolute Gasteiger partial charge is 0.268 e. The Morgan fingerprint density at radius 1 is 1.38 bits per heavy atom. The van der Waals surface area contributed by atoms with Crippen LogP contribution in [0.4, 0.5) is 17.6 Å². The van der Waals surface area contributed by atoms with Gasteiger partial charge < -0.3 is 0 Å². The van der Waals surface area contributed by atoms with Crippen LogP contribution in [-0.4, -0.2) is 4.98 Å². The van der Waals surface area contributed by atoms with E-state index in [2.05, 4.69) is 20.9 Å². The summed E-state index contributed by atoms with van der Waals surface area (Å²) in [6.07, 6.45) is -3.05. The van der Waals surface area contributed by atoms with Gasteiger partial charge >= 0.3 is 0 Å². The zero-order chi connectivity index (χ0) is 10.0. The van der Waals surface area contributed by atoms with Gasteiger partial charge in [0, 0.05) is 5.33 Å². The SMILES string of the molecule is Fc1cc(C(F)F)c(F)nc1CBr. The number of aromatic nitrogens is 1. The Morgan fingerprint density at radius 2 is 2.00 bits per heavy atom. The molecule has 0 radical (unpaired) electrons. The number of nitrogens with zero attached hydrogens (tertiary/aromatic N) is 1. The predicted molar refractivity (Wildman–Crippen MR) is 41.7 cm³/mol. The molecule has 1 nitrogen and oxygen atoms in total. The van der Waals surface area contributed by atoms with Crippen LogP contribution in [0.1, 0.15) is 17.7 Å². The van der Waals surface area contributed by atoms with Crippen LogP contribution in [0, 0.1) is 11.8 Å². The number of rotatable bonds is 2. The molecule has 0 amide bonds. The van der Waals surface area contributed by atoms with E-state index in [-0.39, 0.29) is 11.0 Å². The highest BCUT2D eigenvalue weighted by Crippen LogP contribution is 2.23. The van der Waals surface area contributed by atoms with Crippen molar-refractivity contribution in [2.75, 3.05) is 0 Å². The minimum Gasteiger partial charge on any atom is -0.220 e. The van der Waals surface area contributed by atoms with Crippen LogP contribution in [0.25, 0.3) is 0 Å². The molecule has 0 saturated heterocycles. The molecule has 0 unspecified atom stereocenters. The predicted octanol–water partition coefficient (Wildman–Crippen LogP) is 3.19. The van der Waals surface area contributed by atoms with Crippen LogP contribution in [0.5, 0.6) is 0 Å². The number of pyridine rings is 1. The Bertz CT molecular complexity index is 316. The highest BCUT2D eigenvalue weighted by molar-refractivity contribution is 9.08. The molecule has 0 bridgehead atoms. The Hall–Kier alpha value is -0.650. The quantitative estimate of drug-likeness (QED) is 0.451. The van der Waals surface area contributed by atoms with Gasteiger partial charge in [-0.05, 0) is 6.07 Å². The lowest BCUT2D eigenvalue weighted by Crippen LogP contribution is -2.01. The van der Waals surface area contributed by atoms with Gasteiger partial charge in [-0.15, -0.1) is 0 Å². The Balaban J connectivity index is 3.20. The van der Waals surface area contributed by atoms with E-state index < -0.39 is 23.8 Å². The smallest absolute Gasteiger partial charge is 0.220 e. The van der Waals surface area contributed by atoms with Crippen LogP contribution >= 0.6 is 15.9 Å². The monoisotopic (exact) mass is 257 g/mol. The van der Waals surface area contributed by atoms with Gasteiger partial charge in [0.25, 0.3) is 6.43 Å². The molecule has 0 fully saturated rings. The lowest BCUT2D eigenvalue weighted by atomic mass is 10.2. The molecule has 13 heavy (non-hydrogen) atoms. The van der Waals surface area contributed by atoms with E-state index in [1.807, 2.05) is 0 Å². The van der Waals surface area contributed by atoms with E-state index >= 15 is 0 Å². The molecule has 0 saturated carbocycles. The number of hydrogen-bond donors (Lipinski definition) is 0. The standard InChI is InChI=1S/C7H4BrF4N/c8-2-5-4(9)1-3(6(10)11)7(12)13-5/h1,6H,2H2. The summed E-state index contributed by atoms with van der Waals surface area (Å²) >= 11 is 2.85. The number of halogens is 5. The van der Waals surface area contributed by atoms with Gasteiger partial charge in [0.1, 0.15) is 5.82 Å². The summed E-state index contributed by atoms with van der Waals surface area (Å²) in [4.78, 5) is 3.04. The molecule has 0 N–H and O–H groups in total. The van der Waals surface area contributed by atoms with Crippen molar-refractivity contribution in [3.8, 4) is 0 Å². The van der Waals surface area contributed by atoms with Gasteiger partial charge in [0.05, 0.1) is 11.3 Å². The molecule has 0 spiro atoms. The van der Waals surface area contributed by atoms with Crippen molar-refractivity contribution in [3.63, 3.8) is 0 Å². The van der Waals surface area contributed by atoms with Gasteiger partial charge in [-0.2, -0.15) is 4.39 Å². The Kier molecular flexibility index (Phi) is 3.24. The second-order valence-electron chi connectivity index (χ2n) is 2.23. The first-order chi connectivity index (χ1) is 6.06. The van der Waals surface area contributed by atoms with Gasteiger partial charge in [-0.25, -0.2) is 18.2 Å². The summed E-state index contributed by atoms with van der Waals surface area (Å²) in [7, 11) is 0. The van der Waals surface area contributed by atoms with Crippen molar-refractivity contribution in [1.82, 2.24) is 4.98 Å². The van der Waals surface area contributed by atoms with Gasteiger partial charge in [-0.3, -0.25) is 0 Å². The number of alkyl halides is 3. The van der Waals surface area contributed by atoms with Crippen LogP contribution in [0.15, 0.2) is 6.07 Å². The molecule has 6 heteroatoms. The Labute approximate surface area is 79.9 Å². The summed E-state index contributed by atoms with van der Waals surface area (Å²) in [5, 5.41) is -0.0146. The zero-order valence-electron chi connectivity index (χ0n) is 6.20. The molecule has 1 aromatic heterocycles. The molecular weight excluding hydrogens is 254 g/mol. The van der Waals surface area contributed by atoms with Crippen LogP contribution < -0.4 is 0 Å². The number of hydrogen-bond acceptors (Lipinski definition) is 1. The molecule has 1 heterocycles. The molecule has 1 rings (SSSR count). The fraction of sp³-hybridized carbons (Fsp3) is 0.286. The van der Waals surface area contributed by atoms with E-state index in [0.717, 1.165) is 0 Å². The second-order valence-corrected chi connectivity index (χ2v) is 2.79. The average Bonchev–Trinajstić information content (AvgIpc) is 2.07. The molecule has 72 valence electrons. The van der Waals surface area contributed by atoms with Crippen LogP contribution in [0.3, 0.4) is 0 Å². The van der Waals surface area contributed by atoms with Crippen molar-refractivity contribution in [2.45, 2.75) is 11.8 Å². The van der Waals surface area contributed by atoms with Gasteiger partial charge in [-0.1, -0.05) is 15.9 Å².